The van der Waals surface area contributed by atoms with Gasteiger partial charge in [-0.3, -0.25) is 4.79 Å². The summed E-state index contributed by atoms with van der Waals surface area (Å²) in [6, 6.07) is 9.18. The smallest absolute Gasteiger partial charge is 0.258 e. The van der Waals surface area contributed by atoms with Crippen LogP contribution in [0.4, 0.5) is 10.1 Å². The molecule has 0 heterocycles. The van der Waals surface area contributed by atoms with Crippen LogP contribution in [0.3, 0.4) is 0 Å². The molecule has 0 saturated heterocycles. The minimum atomic E-state index is -0.639. The lowest BCUT2D eigenvalue weighted by atomic mass is 10.1. The van der Waals surface area contributed by atoms with Gasteiger partial charge in [0.25, 0.3) is 5.91 Å². The van der Waals surface area contributed by atoms with E-state index in [-0.39, 0.29) is 5.56 Å². The molecular weight excluding hydrogens is 281 g/mol. The van der Waals surface area contributed by atoms with Gasteiger partial charge in [0.2, 0.25) is 0 Å². The van der Waals surface area contributed by atoms with Crippen molar-refractivity contribution in [1.29, 1.82) is 0 Å². The minimum Gasteiger partial charge on any atom is -0.497 e. The van der Waals surface area contributed by atoms with E-state index in [1.54, 1.807) is 18.2 Å². The molecular formula is C15H13ClFNO2. The molecule has 0 aliphatic rings. The fraction of sp³-hybridized carbons (Fsp3) is 0.133. The summed E-state index contributed by atoms with van der Waals surface area (Å²) in [7, 11) is 1.43. The summed E-state index contributed by atoms with van der Waals surface area (Å²) in [5, 5.41) is 3.14. The second-order valence-electron chi connectivity index (χ2n) is 4.26. The number of aryl methyl sites for hydroxylation is 1. The summed E-state index contributed by atoms with van der Waals surface area (Å²) in [6.07, 6.45) is 0. The minimum absolute atomic E-state index is 0.0532. The van der Waals surface area contributed by atoms with Crippen LogP contribution in [-0.4, -0.2) is 13.0 Å². The van der Waals surface area contributed by atoms with Gasteiger partial charge in [0.05, 0.1) is 12.7 Å². The molecule has 0 atom stereocenters. The summed E-state index contributed by atoms with van der Waals surface area (Å²) in [5.74, 6) is -0.817. The summed E-state index contributed by atoms with van der Waals surface area (Å²) < 4.78 is 18.7. The van der Waals surface area contributed by atoms with Crippen molar-refractivity contribution in [3.05, 3.63) is 58.4 Å². The molecule has 5 heteroatoms. The van der Waals surface area contributed by atoms with E-state index in [0.29, 0.717) is 16.5 Å². The number of halogens is 2. The quantitative estimate of drug-likeness (QED) is 0.927. The Morgan fingerprint density at radius 3 is 2.60 bits per heavy atom. The van der Waals surface area contributed by atoms with Crippen molar-refractivity contribution in [3.8, 4) is 5.75 Å². The normalized spacial score (nSPS) is 10.2. The van der Waals surface area contributed by atoms with Crippen LogP contribution in [0.5, 0.6) is 5.75 Å². The number of benzene rings is 2. The van der Waals surface area contributed by atoms with Crippen molar-refractivity contribution >= 4 is 23.2 Å². The highest BCUT2D eigenvalue weighted by Crippen LogP contribution is 2.22. The number of ether oxygens (including phenoxy) is 1. The van der Waals surface area contributed by atoms with E-state index in [9.17, 15) is 9.18 Å². The zero-order valence-electron chi connectivity index (χ0n) is 11.0. The maximum Gasteiger partial charge on any atom is 0.258 e. The van der Waals surface area contributed by atoms with Crippen LogP contribution in [-0.2, 0) is 0 Å². The number of methoxy groups -OCH3 is 1. The van der Waals surface area contributed by atoms with Crippen LogP contribution >= 0.6 is 11.6 Å². The zero-order chi connectivity index (χ0) is 14.7. The zero-order valence-corrected chi connectivity index (χ0v) is 11.8. The predicted molar refractivity (Wildman–Crippen MR) is 77.1 cm³/mol. The molecule has 2 aromatic carbocycles. The Hall–Kier alpha value is -2.07. The van der Waals surface area contributed by atoms with E-state index in [1.807, 2.05) is 6.92 Å². The van der Waals surface area contributed by atoms with Gasteiger partial charge < -0.3 is 10.1 Å². The Kier molecular flexibility index (Phi) is 4.25. The van der Waals surface area contributed by atoms with E-state index in [0.717, 1.165) is 11.6 Å². The van der Waals surface area contributed by atoms with E-state index < -0.39 is 11.7 Å². The largest absolute Gasteiger partial charge is 0.497 e. The van der Waals surface area contributed by atoms with Crippen molar-refractivity contribution < 1.29 is 13.9 Å². The summed E-state index contributed by atoms with van der Waals surface area (Å²) in [6.45, 7) is 1.86. The van der Waals surface area contributed by atoms with E-state index >= 15 is 0 Å². The number of hydrogen-bond acceptors (Lipinski definition) is 2. The van der Waals surface area contributed by atoms with Crippen molar-refractivity contribution in [2.45, 2.75) is 6.92 Å². The third kappa shape index (κ3) is 3.08. The summed E-state index contributed by atoms with van der Waals surface area (Å²) in [4.78, 5) is 12.0. The standard InChI is InChI=1S/C15H13ClFNO2/c1-9-3-4-10(7-13(9)16)18-15(19)12-6-5-11(20-2)8-14(12)17/h3-8H,1-2H3,(H,18,19). The average molecular weight is 294 g/mol. The van der Waals surface area contributed by atoms with Gasteiger partial charge in [-0.2, -0.15) is 0 Å². The molecule has 0 aliphatic heterocycles. The molecule has 0 saturated carbocycles. The molecule has 0 aromatic heterocycles. The van der Waals surface area contributed by atoms with E-state index in [2.05, 4.69) is 5.32 Å². The highest BCUT2D eigenvalue weighted by atomic mass is 35.5. The van der Waals surface area contributed by atoms with Gasteiger partial charge in [-0.1, -0.05) is 17.7 Å². The molecule has 3 nitrogen and oxygen atoms in total. The monoisotopic (exact) mass is 293 g/mol. The van der Waals surface area contributed by atoms with Crippen molar-refractivity contribution in [3.63, 3.8) is 0 Å². The number of carbonyl (C=O) groups excluding carboxylic acids is 1. The maximum absolute atomic E-state index is 13.8. The van der Waals surface area contributed by atoms with E-state index in [4.69, 9.17) is 16.3 Å². The molecule has 0 unspecified atom stereocenters. The fourth-order valence-electron chi connectivity index (χ4n) is 1.68. The van der Waals surface area contributed by atoms with Gasteiger partial charge in [0.1, 0.15) is 11.6 Å². The number of amides is 1. The first kappa shape index (κ1) is 14.3. The molecule has 0 bridgehead atoms. The van der Waals surface area contributed by atoms with Crippen LogP contribution in [0.15, 0.2) is 36.4 Å². The molecule has 1 amide bonds. The van der Waals surface area contributed by atoms with Crippen molar-refractivity contribution in [1.82, 2.24) is 0 Å². The SMILES string of the molecule is COc1ccc(C(=O)Nc2ccc(C)c(Cl)c2)c(F)c1. The molecule has 0 fully saturated rings. The summed E-state index contributed by atoms with van der Waals surface area (Å²) >= 11 is 5.97. The van der Waals surface area contributed by atoms with Crippen molar-refractivity contribution in [2.75, 3.05) is 12.4 Å². The molecule has 0 radical (unpaired) electrons. The van der Waals surface area contributed by atoms with Gasteiger partial charge in [-0.15, -0.1) is 0 Å². The number of nitrogens with one attached hydrogen (secondary N) is 1. The first-order valence-corrected chi connectivity index (χ1v) is 6.30. The molecule has 2 rings (SSSR count). The maximum atomic E-state index is 13.8. The Bertz CT molecular complexity index is 658. The molecule has 0 aliphatic carbocycles. The lowest BCUT2D eigenvalue weighted by Gasteiger charge is -2.08. The molecule has 2 aromatic rings. The molecule has 0 spiro atoms. The van der Waals surface area contributed by atoms with Crippen LogP contribution in [0.2, 0.25) is 5.02 Å². The number of rotatable bonds is 3. The second-order valence-corrected chi connectivity index (χ2v) is 4.67. The van der Waals surface area contributed by atoms with Gasteiger partial charge in [0.15, 0.2) is 0 Å². The summed E-state index contributed by atoms with van der Waals surface area (Å²) in [5.41, 5.74) is 1.36. The second kappa shape index (κ2) is 5.92. The topological polar surface area (TPSA) is 38.3 Å². The third-order valence-corrected chi connectivity index (χ3v) is 3.26. The predicted octanol–water partition coefficient (Wildman–Crippen LogP) is 4.05. The lowest BCUT2D eigenvalue weighted by molar-refractivity contribution is 0.102. The average Bonchev–Trinajstić information content (AvgIpc) is 2.42. The number of carbonyl (C=O) groups is 1. The molecule has 104 valence electrons. The van der Waals surface area contributed by atoms with Crippen LogP contribution in [0.1, 0.15) is 15.9 Å². The first-order chi connectivity index (χ1) is 9.51. The number of hydrogen-bond donors (Lipinski definition) is 1. The molecule has 20 heavy (non-hydrogen) atoms. The van der Waals surface area contributed by atoms with E-state index in [1.165, 1.54) is 19.2 Å². The van der Waals surface area contributed by atoms with Crippen LogP contribution in [0.25, 0.3) is 0 Å². The van der Waals surface area contributed by atoms with Gasteiger partial charge in [-0.05, 0) is 36.8 Å². The first-order valence-electron chi connectivity index (χ1n) is 5.92. The Labute approximate surface area is 121 Å². The Morgan fingerprint density at radius 1 is 1.25 bits per heavy atom. The molecule has 1 N–H and O–H groups in total. The van der Waals surface area contributed by atoms with Gasteiger partial charge >= 0.3 is 0 Å². The third-order valence-electron chi connectivity index (χ3n) is 2.85. The highest BCUT2D eigenvalue weighted by Gasteiger charge is 2.13. The van der Waals surface area contributed by atoms with Crippen molar-refractivity contribution in [2.24, 2.45) is 0 Å². The van der Waals surface area contributed by atoms with Crippen LogP contribution < -0.4 is 10.1 Å². The Morgan fingerprint density at radius 2 is 2.00 bits per heavy atom. The Balaban J connectivity index is 2.21. The number of anilines is 1. The fourth-order valence-corrected chi connectivity index (χ4v) is 1.86. The highest BCUT2D eigenvalue weighted by molar-refractivity contribution is 6.31. The van der Waals surface area contributed by atoms with Gasteiger partial charge in [0, 0.05) is 16.8 Å². The van der Waals surface area contributed by atoms with Crippen LogP contribution in [0, 0.1) is 12.7 Å². The van der Waals surface area contributed by atoms with Gasteiger partial charge in [-0.25, -0.2) is 4.39 Å². The lowest BCUT2D eigenvalue weighted by Crippen LogP contribution is -2.13.